The van der Waals surface area contributed by atoms with Crippen LogP contribution in [-0.2, 0) is 0 Å². The first-order valence-corrected chi connectivity index (χ1v) is 8.15. The molecule has 1 aromatic carbocycles. The Morgan fingerprint density at radius 1 is 1.20 bits per heavy atom. The molecule has 0 saturated heterocycles. The van der Waals surface area contributed by atoms with Gasteiger partial charge in [-0.05, 0) is 49.8 Å². The molecule has 1 aliphatic carbocycles. The Kier molecular flexibility index (Phi) is 6.00. The molecule has 2 rings (SSSR count). The SMILES string of the molecule is CC(NCC1CCCC1CO)c1ccc(Cl)c(Cl)c1Cl. The van der Waals surface area contributed by atoms with E-state index in [2.05, 4.69) is 12.2 Å². The van der Waals surface area contributed by atoms with Crippen LogP contribution < -0.4 is 5.32 Å². The first-order chi connectivity index (χ1) is 9.54. The third-order valence-corrected chi connectivity index (χ3v) is 5.58. The number of rotatable bonds is 5. The average Bonchev–Trinajstić information content (AvgIpc) is 2.90. The Morgan fingerprint density at radius 3 is 2.60 bits per heavy atom. The summed E-state index contributed by atoms with van der Waals surface area (Å²) in [6.45, 7) is 3.24. The van der Waals surface area contributed by atoms with Crippen LogP contribution in [0.15, 0.2) is 12.1 Å². The molecule has 0 spiro atoms. The van der Waals surface area contributed by atoms with Gasteiger partial charge in [0.15, 0.2) is 0 Å². The molecule has 5 heteroatoms. The second kappa shape index (κ2) is 7.33. The van der Waals surface area contributed by atoms with E-state index in [1.165, 1.54) is 12.8 Å². The maximum absolute atomic E-state index is 9.35. The number of benzene rings is 1. The van der Waals surface area contributed by atoms with Gasteiger partial charge in [0.2, 0.25) is 0 Å². The highest BCUT2D eigenvalue weighted by Gasteiger charge is 2.26. The molecule has 2 nitrogen and oxygen atoms in total. The molecule has 2 N–H and O–H groups in total. The van der Waals surface area contributed by atoms with Gasteiger partial charge in [-0.3, -0.25) is 0 Å². The van der Waals surface area contributed by atoms with E-state index in [4.69, 9.17) is 34.8 Å². The molecule has 1 fully saturated rings. The van der Waals surface area contributed by atoms with E-state index < -0.39 is 0 Å². The molecule has 1 aromatic rings. The molecule has 0 heterocycles. The zero-order chi connectivity index (χ0) is 14.7. The molecule has 0 bridgehead atoms. The van der Waals surface area contributed by atoms with Gasteiger partial charge in [-0.1, -0.05) is 47.3 Å². The number of halogens is 3. The predicted molar refractivity (Wildman–Crippen MR) is 85.8 cm³/mol. The van der Waals surface area contributed by atoms with Crippen LogP contribution in [0.2, 0.25) is 15.1 Å². The van der Waals surface area contributed by atoms with Crippen molar-refractivity contribution in [2.24, 2.45) is 11.8 Å². The number of aliphatic hydroxyl groups excluding tert-OH is 1. The first-order valence-electron chi connectivity index (χ1n) is 7.02. The van der Waals surface area contributed by atoms with Crippen LogP contribution in [0, 0.1) is 11.8 Å². The average molecular weight is 337 g/mol. The van der Waals surface area contributed by atoms with Gasteiger partial charge in [-0.15, -0.1) is 0 Å². The molecule has 112 valence electrons. The number of hydrogen-bond acceptors (Lipinski definition) is 2. The molecule has 1 aliphatic rings. The molecule has 20 heavy (non-hydrogen) atoms. The fourth-order valence-corrected chi connectivity index (χ4v) is 3.64. The highest BCUT2D eigenvalue weighted by atomic mass is 35.5. The Balaban J connectivity index is 1.98. The van der Waals surface area contributed by atoms with Crippen molar-refractivity contribution in [1.29, 1.82) is 0 Å². The van der Waals surface area contributed by atoms with Crippen molar-refractivity contribution in [2.45, 2.75) is 32.2 Å². The maximum atomic E-state index is 9.35. The predicted octanol–water partition coefficient (Wildman–Crippen LogP) is 4.71. The minimum absolute atomic E-state index is 0.109. The Bertz CT molecular complexity index is 467. The monoisotopic (exact) mass is 335 g/mol. The Labute approximate surface area is 135 Å². The van der Waals surface area contributed by atoms with E-state index in [0.29, 0.717) is 26.9 Å². The summed E-state index contributed by atoms with van der Waals surface area (Å²) >= 11 is 18.3. The van der Waals surface area contributed by atoms with Crippen LogP contribution in [-0.4, -0.2) is 18.3 Å². The van der Waals surface area contributed by atoms with E-state index in [0.717, 1.165) is 18.5 Å². The minimum atomic E-state index is 0.109. The Hall–Kier alpha value is 0.01000. The zero-order valence-electron chi connectivity index (χ0n) is 11.5. The zero-order valence-corrected chi connectivity index (χ0v) is 13.8. The third kappa shape index (κ3) is 3.61. The summed E-state index contributed by atoms with van der Waals surface area (Å²) in [6, 6.07) is 3.79. The van der Waals surface area contributed by atoms with E-state index in [1.54, 1.807) is 6.07 Å². The molecule has 0 aromatic heterocycles. The van der Waals surface area contributed by atoms with Crippen molar-refractivity contribution >= 4 is 34.8 Å². The van der Waals surface area contributed by atoms with E-state index in [-0.39, 0.29) is 12.6 Å². The van der Waals surface area contributed by atoms with Crippen LogP contribution in [0.5, 0.6) is 0 Å². The van der Waals surface area contributed by atoms with Crippen molar-refractivity contribution in [2.75, 3.05) is 13.2 Å². The second-order valence-corrected chi connectivity index (χ2v) is 6.69. The van der Waals surface area contributed by atoms with E-state index >= 15 is 0 Å². The third-order valence-electron chi connectivity index (χ3n) is 4.27. The van der Waals surface area contributed by atoms with Gasteiger partial charge >= 0.3 is 0 Å². The van der Waals surface area contributed by atoms with Gasteiger partial charge in [0, 0.05) is 12.6 Å². The topological polar surface area (TPSA) is 32.3 Å². The molecule has 3 atom stereocenters. The maximum Gasteiger partial charge on any atom is 0.0781 e. The van der Waals surface area contributed by atoms with E-state index in [1.807, 2.05) is 6.07 Å². The summed E-state index contributed by atoms with van der Waals surface area (Å²) in [7, 11) is 0. The smallest absolute Gasteiger partial charge is 0.0781 e. The van der Waals surface area contributed by atoms with Gasteiger partial charge < -0.3 is 10.4 Å². The van der Waals surface area contributed by atoms with Crippen molar-refractivity contribution in [3.05, 3.63) is 32.8 Å². The largest absolute Gasteiger partial charge is 0.396 e. The fourth-order valence-electron chi connectivity index (χ4n) is 2.94. The highest BCUT2D eigenvalue weighted by molar-refractivity contribution is 6.48. The number of aliphatic hydroxyl groups is 1. The molecular formula is C15H20Cl3NO. The number of nitrogens with one attached hydrogen (secondary N) is 1. The van der Waals surface area contributed by atoms with Gasteiger partial charge in [-0.25, -0.2) is 0 Å². The summed E-state index contributed by atoms with van der Waals surface area (Å²) in [4.78, 5) is 0. The van der Waals surface area contributed by atoms with Crippen LogP contribution >= 0.6 is 34.8 Å². The lowest BCUT2D eigenvalue weighted by Crippen LogP contribution is -2.29. The molecule has 0 amide bonds. The van der Waals surface area contributed by atoms with Crippen LogP contribution in [0.3, 0.4) is 0 Å². The molecule has 1 saturated carbocycles. The van der Waals surface area contributed by atoms with Gasteiger partial charge in [0.05, 0.1) is 15.1 Å². The van der Waals surface area contributed by atoms with Crippen molar-refractivity contribution in [3.8, 4) is 0 Å². The normalized spacial score (nSPS) is 24.1. The molecular weight excluding hydrogens is 317 g/mol. The van der Waals surface area contributed by atoms with Crippen LogP contribution in [0.25, 0.3) is 0 Å². The van der Waals surface area contributed by atoms with Crippen molar-refractivity contribution in [1.82, 2.24) is 5.32 Å². The minimum Gasteiger partial charge on any atom is -0.396 e. The van der Waals surface area contributed by atoms with Crippen LogP contribution in [0.1, 0.15) is 37.8 Å². The molecule has 3 unspecified atom stereocenters. The summed E-state index contributed by atoms with van der Waals surface area (Å²) in [5.74, 6) is 0.975. The number of hydrogen-bond donors (Lipinski definition) is 2. The lowest BCUT2D eigenvalue weighted by Gasteiger charge is -2.22. The van der Waals surface area contributed by atoms with Gasteiger partial charge in [-0.2, -0.15) is 0 Å². The Morgan fingerprint density at radius 2 is 1.90 bits per heavy atom. The van der Waals surface area contributed by atoms with Crippen molar-refractivity contribution in [3.63, 3.8) is 0 Å². The first kappa shape index (κ1) is 16.4. The van der Waals surface area contributed by atoms with Gasteiger partial charge in [0.25, 0.3) is 0 Å². The highest BCUT2D eigenvalue weighted by Crippen LogP contribution is 2.36. The summed E-state index contributed by atoms with van der Waals surface area (Å²) in [5, 5.41) is 14.2. The van der Waals surface area contributed by atoms with E-state index in [9.17, 15) is 5.11 Å². The van der Waals surface area contributed by atoms with Crippen molar-refractivity contribution < 1.29 is 5.11 Å². The lowest BCUT2D eigenvalue weighted by atomic mass is 9.96. The summed E-state index contributed by atoms with van der Waals surface area (Å²) in [5.41, 5.74) is 0.958. The quantitative estimate of drug-likeness (QED) is 0.763. The molecule has 0 aliphatic heterocycles. The van der Waals surface area contributed by atoms with Gasteiger partial charge in [0.1, 0.15) is 0 Å². The summed E-state index contributed by atoms with van der Waals surface area (Å²) < 4.78 is 0. The fraction of sp³-hybridized carbons (Fsp3) is 0.600. The summed E-state index contributed by atoms with van der Waals surface area (Å²) in [6.07, 6.45) is 3.52. The standard InChI is InChI=1S/C15H20Cl3NO/c1-9(12-5-6-13(16)15(18)14(12)17)19-7-10-3-2-4-11(10)8-20/h5-6,9-11,19-20H,2-4,7-8H2,1H3. The van der Waals surface area contributed by atoms with Crippen LogP contribution in [0.4, 0.5) is 0 Å². The second-order valence-electron chi connectivity index (χ2n) is 5.53. The molecule has 0 radical (unpaired) electrons. The lowest BCUT2D eigenvalue weighted by molar-refractivity contribution is 0.190.